The summed E-state index contributed by atoms with van der Waals surface area (Å²) in [5.41, 5.74) is 4.94. The van der Waals surface area contributed by atoms with Gasteiger partial charge in [0.1, 0.15) is 12.4 Å². The number of rotatable bonds is 18. The number of hydrogen-bond donors (Lipinski definition) is 6. The van der Waals surface area contributed by atoms with Crippen LogP contribution >= 0.6 is 0 Å². The summed E-state index contributed by atoms with van der Waals surface area (Å²) in [5, 5.41) is 33.5. The zero-order chi connectivity index (χ0) is 46.0. The maximum atomic E-state index is 12.7. The summed E-state index contributed by atoms with van der Waals surface area (Å²) >= 11 is 1.75. The van der Waals surface area contributed by atoms with Gasteiger partial charge in [-0.05, 0) is 37.7 Å². The molecule has 2 amide bonds. The van der Waals surface area contributed by atoms with E-state index in [2.05, 4.69) is 21.2 Å². The molecule has 1 aromatic rings. The van der Waals surface area contributed by atoms with E-state index < -0.39 is 24.1 Å². The Hall–Kier alpha value is -3.58. The molecule has 19 nitrogen and oxygen atoms in total. The van der Waals surface area contributed by atoms with Crippen molar-refractivity contribution in [2.24, 2.45) is 5.73 Å². The summed E-state index contributed by atoms with van der Waals surface area (Å²) in [7, 11) is 1.50. The van der Waals surface area contributed by atoms with Crippen LogP contribution in [-0.2, 0) is 28.7 Å². The summed E-state index contributed by atoms with van der Waals surface area (Å²) in [6.45, 7) is 16.4. The summed E-state index contributed by atoms with van der Waals surface area (Å²) in [6.07, 6.45) is -0.125. The number of nitrogens with one attached hydrogen (secondary N) is 2. The third-order valence-electron chi connectivity index (χ3n) is 7.24. The number of carbonyl (C=O) groups is 6. The SMILES string of the molecule is CC.CC.CC.CCCNC(=O)c1ccc(OC(=O)OCCOCCNC(=O)CN2CCN(CC(=O)O)CCN(CC(=O)O)CCN(CC(=O)O)CC2)cc1.CN.[CH3][Sb]. The van der Waals surface area contributed by atoms with Crippen molar-refractivity contribution < 1.29 is 58.3 Å². The number of ether oxygens (including phenoxy) is 3. The van der Waals surface area contributed by atoms with Crippen LogP contribution in [0.15, 0.2) is 24.3 Å². The Kier molecular flexibility index (Phi) is 46.3. The molecule has 0 aliphatic carbocycles. The predicted octanol–water partition coefficient (Wildman–Crippen LogP) is 1.81. The molecule has 20 heteroatoms. The molecule has 1 fully saturated rings. The second-order valence-electron chi connectivity index (χ2n) is 11.2. The standard InChI is InChI=1S/C31H48N6O12.3C2H6.CH5N.CH3.Sb/c1-2-7-33-30(45)24-3-5-25(6-4-24)49-31(46)48-19-18-47-17-8-32-26(38)20-34-9-11-35(21-27(39)40)13-15-37(23-29(43)44)16-14-36(12-10-34)22-28(41)42;4*1-2;;/h3-6H,2,7-23H2,1H3,(H,32,38)(H,33,45)(H,39,40)(H,41,42)(H,43,44);3*1-2H3;2H2,1H3;1H3;. The van der Waals surface area contributed by atoms with Gasteiger partial charge in [0.2, 0.25) is 5.91 Å². The summed E-state index contributed by atoms with van der Waals surface area (Å²) in [4.78, 5) is 79.7. The van der Waals surface area contributed by atoms with Crippen LogP contribution < -0.4 is 21.1 Å². The Morgan fingerprint density at radius 2 is 1.00 bits per heavy atom. The number of carboxylic acid groups (broad SMARTS) is 3. The third kappa shape index (κ3) is 36.0. The van der Waals surface area contributed by atoms with Crippen molar-refractivity contribution in [3.05, 3.63) is 29.8 Å². The van der Waals surface area contributed by atoms with Gasteiger partial charge in [0.25, 0.3) is 5.91 Å². The molecule has 1 aromatic carbocycles. The average Bonchev–Trinajstić information content (AvgIpc) is 3.23. The maximum absolute atomic E-state index is 12.7. The Balaban J connectivity index is -0.00000140. The number of carboxylic acids is 3. The van der Waals surface area contributed by atoms with E-state index in [9.17, 15) is 44.1 Å². The topological polar surface area (TPSA) is 254 Å². The van der Waals surface area contributed by atoms with E-state index in [-0.39, 0.29) is 96.3 Å². The van der Waals surface area contributed by atoms with Crippen LogP contribution in [0.25, 0.3) is 0 Å². The normalized spacial score (nSPS) is 13.5. The van der Waals surface area contributed by atoms with Crippen LogP contribution in [0.4, 0.5) is 4.79 Å². The predicted molar refractivity (Wildman–Crippen MR) is 229 cm³/mol. The molecule has 342 valence electrons. The number of nitrogens with zero attached hydrogens (tertiary/aromatic N) is 4. The van der Waals surface area contributed by atoms with Gasteiger partial charge in [0.15, 0.2) is 0 Å². The van der Waals surface area contributed by atoms with E-state index in [1.54, 1.807) is 37.7 Å². The molecule has 0 aromatic heterocycles. The molecule has 1 heterocycles. The van der Waals surface area contributed by atoms with Crippen molar-refractivity contribution in [2.45, 2.75) is 59.8 Å². The van der Waals surface area contributed by atoms with E-state index in [0.717, 1.165) is 6.42 Å². The molecule has 0 atom stereocenters. The van der Waals surface area contributed by atoms with Gasteiger partial charge in [-0.25, -0.2) is 4.79 Å². The quantitative estimate of drug-likeness (QED) is 0.0531. The monoisotopic (exact) mass is 953 g/mol. The minimum atomic E-state index is -1.04. The van der Waals surface area contributed by atoms with Crippen molar-refractivity contribution in [3.8, 4) is 5.75 Å². The molecule has 1 aliphatic heterocycles. The van der Waals surface area contributed by atoms with E-state index in [4.69, 9.17) is 14.2 Å². The average molecular weight is 955 g/mol. The number of hydrogen-bond acceptors (Lipinski definition) is 14. The van der Waals surface area contributed by atoms with Crippen LogP contribution in [-0.4, -0.2) is 212 Å². The van der Waals surface area contributed by atoms with Gasteiger partial charge >= 0.3 is 52.0 Å². The molecule has 2 radical (unpaired) electrons. The van der Waals surface area contributed by atoms with Gasteiger partial charge in [-0.15, -0.1) is 0 Å². The number of carbonyl (C=O) groups excluding carboxylic acids is 3. The van der Waals surface area contributed by atoms with Gasteiger partial charge in [0.05, 0.1) is 39.4 Å². The van der Waals surface area contributed by atoms with Crippen LogP contribution in [0, 0.1) is 0 Å². The fourth-order valence-electron chi connectivity index (χ4n) is 4.73. The van der Waals surface area contributed by atoms with Gasteiger partial charge in [0, 0.05) is 71.0 Å². The summed E-state index contributed by atoms with van der Waals surface area (Å²) < 4.78 is 15.5. The van der Waals surface area contributed by atoms with Gasteiger partial charge in [-0.1, -0.05) is 48.5 Å². The van der Waals surface area contributed by atoms with E-state index in [1.807, 2.05) is 53.4 Å². The van der Waals surface area contributed by atoms with Gasteiger partial charge in [-0.3, -0.25) is 43.6 Å². The molecule has 1 aliphatic rings. The van der Waals surface area contributed by atoms with Crippen molar-refractivity contribution in [2.75, 3.05) is 118 Å². The molecule has 0 spiro atoms. The zero-order valence-electron chi connectivity index (χ0n) is 36.9. The molecule has 1 saturated heterocycles. The van der Waals surface area contributed by atoms with E-state index in [1.165, 1.54) is 31.3 Å². The number of nitrogens with two attached hydrogens (primary N) is 1. The number of benzene rings is 1. The fourth-order valence-corrected chi connectivity index (χ4v) is 4.73. The molecule has 0 bridgehead atoms. The van der Waals surface area contributed by atoms with Crippen LogP contribution in [0.1, 0.15) is 65.2 Å². The van der Waals surface area contributed by atoms with Crippen molar-refractivity contribution >= 4 is 58.9 Å². The van der Waals surface area contributed by atoms with Crippen molar-refractivity contribution in [1.82, 2.24) is 30.2 Å². The van der Waals surface area contributed by atoms with Crippen LogP contribution in [0.5, 0.6) is 5.75 Å². The molecular weight excluding hydrogens is 880 g/mol. The molecule has 59 heavy (non-hydrogen) atoms. The Morgan fingerprint density at radius 1 is 0.610 bits per heavy atom. The summed E-state index contributed by atoms with van der Waals surface area (Å²) in [6, 6.07) is 6.03. The zero-order valence-corrected chi connectivity index (χ0v) is 39.4. The second kappa shape index (κ2) is 44.0. The fraction of sp³-hybridized carbons (Fsp3) is 0.692. The first-order valence-electron chi connectivity index (χ1n) is 20.1. The van der Waals surface area contributed by atoms with Crippen molar-refractivity contribution in [3.63, 3.8) is 0 Å². The van der Waals surface area contributed by atoms with Crippen LogP contribution in [0.3, 0.4) is 0 Å². The van der Waals surface area contributed by atoms with Gasteiger partial charge < -0.3 is 45.9 Å². The van der Waals surface area contributed by atoms with E-state index >= 15 is 0 Å². The van der Waals surface area contributed by atoms with E-state index in [0.29, 0.717) is 38.3 Å². The van der Waals surface area contributed by atoms with Crippen molar-refractivity contribution in [1.29, 1.82) is 0 Å². The first-order chi connectivity index (χ1) is 28.4. The Labute approximate surface area is 365 Å². The second-order valence-corrected chi connectivity index (χ2v) is 11.2. The molecule has 0 unspecified atom stereocenters. The number of aliphatic carboxylic acids is 3. The first kappa shape index (κ1) is 62.1. The van der Waals surface area contributed by atoms with Gasteiger partial charge in [-0.2, -0.15) is 0 Å². The Bertz CT molecular complexity index is 1200. The molecular formula is C39H74N7O12Sb. The molecule has 7 N–H and O–H groups in total. The molecule has 0 saturated carbocycles. The first-order valence-corrected chi connectivity index (χ1v) is 22.6. The minimum absolute atomic E-state index is 0.0215. The third-order valence-corrected chi connectivity index (χ3v) is 7.24. The number of amides is 2. The molecule has 2 rings (SSSR count). The van der Waals surface area contributed by atoms with Crippen LogP contribution in [0.2, 0.25) is 4.87 Å². The Morgan fingerprint density at radius 3 is 1.37 bits per heavy atom. The summed E-state index contributed by atoms with van der Waals surface area (Å²) in [5.74, 6) is -3.42.